The highest BCUT2D eigenvalue weighted by Crippen LogP contribution is 2.39. The molecule has 1 heterocycles. The number of primary sulfonamides is 1. The summed E-state index contributed by atoms with van der Waals surface area (Å²) in [7, 11) is -3.96. The summed E-state index contributed by atoms with van der Waals surface area (Å²) >= 11 is 6.09. The van der Waals surface area contributed by atoms with Crippen molar-refractivity contribution < 1.29 is 21.6 Å². The van der Waals surface area contributed by atoms with Crippen molar-refractivity contribution in [1.29, 1.82) is 0 Å². The Kier molecular flexibility index (Phi) is 3.94. The summed E-state index contributed by atoms with van der Waals surface area (Å²) in [4.78, 5) is 3.78. The number of alkyl halides is 3. The average molecular weight is 375 g/mol. The van der Waals surface area contributed by atoms with Gasteiger partial charge in [0.1, 0.15) is 0 Å². The van der Waals surface area contributed by atoms with Crippen LogP contribution in [-0.2, 0) is 22.7 Å². The van der Waals surface area contributed by atoms with Crippen molar-refractivity contribution in [3.8, 4) is 11.1 Å². The van der Waals surface area contributed by atoms with Gasteiger partial charge in [-0.3, -0.25) is 4.99 Å². The molecule has 3 rings (SSSR count). The van der Waals surface area contributed by atoms with Gasteiger partial charge in [-0.2, -0.15) is 13.2 Å². The number of nitrogens with zero attached hydrogens (tertiary/aromatic N) is 1. The van der Waals surface area contributed by atoms with Gasteiger partial charge in [-0.1, -0.05) is 17.7 Å². The minimum absolute atomic E-state index is 0.0108. The van der Waals surface area contributed by atoms with Gasteiger partial charge in [-0.05, 0) is 35.4 Å². The third-order valence-electron chi connectivity index (χ3n) is 3.63. The van der Waals surface area contributed by atoms with Crippen molar-refractivity contribution >= 4 is 27.8 Å². The molecule has 126 valence electrons. The number of hydrogen-bond acceptors (Lipinski definition) is 3. The van der Waals surface area contributed by atoms with Gasteiger partial charge in [0.25, 0.3) is 0 Å². The SMILES string of the molecule is NS(=O)(=O)c1ccc(-c2cc(C(F)(F)F)cc3c2C=NC3)c(Cl)c1. The van der Waals surface area contributed by atoms with Crippen molar-refractivity contribution in [1.82, 2.24) is 0 Å². The van der Waals surface area contributed by atoms with Crippen LogP contribution in [0.25, 0.3) is 11.1 Å². The van der Waals surface area contributed by atoms with Crippen molar-refractivity contribution in [3.63, 3.8) is 0 Å². The maximum absolute atomic E-state index is 13.1. The zero-order chi connectivity index (χ0) is 17.7. The highest BCUT2D eigenvalue weighted by atomic mass is 35.5. The lowest BCUT2D eigenvalue weighted by atomic mass is 9.94. The van der Waals surface area contributed by atoms with Gasteiger partial charge >= 0.3 is 6.18 Å². The molecule has 0 fully saturated rings. The van der Waals surface area contributed by atoms with Crippen LogP contribution in [0.15, 0.2) is 40.2 Å². The van der Waals surface area contributed by atoms with Gasteiger partial charge in [0.05, 0.1) is 17.0 Å². The molecule has 2 aromatic rings. The van der Waals surface area contributed by atoms with Crippen LogP contribution in [-0.4, -0.2) is 14.6 Å². The lowest BCUT2D eigenvalue weighted by molar-refractivity contribution is -0.137. The van der Waals surface area contributed by atoms with E-state index in [9.17, 15) is 21.6 Å². The van der Waals surface area contributed by atoms with E-state index >= 15 is 0 Å². The second-order valence-corrected chi connectivity index (χ2v) is 7.22. The van der Waals surface area contributed by atoms with E-state index in [0.29, 0.717) is 11.1 Å². The zero-order valence-electron chi connectivity index (χ0n) is 11.9. The van der Waals surface area contributed by atoms with Gasteiger partial charge in [-0.15, -0.1) is 0 Å². The molecule has 0 unspecified atom stereocenters. The second-order valence-electron chi connectivity index (χ2n) is 5.25. The van der Waals surface area contributed by atoms with Gasteiger partial charge < -0.3 is 0 Å². The van der Waals surface area contributed by atoms with Crippen LogP contribution in [0.2, 0.25) is 5.02 Å². The number of sulfonamides is 1. The molecule has 2 aromatic carbocycles. The lowest BCUT2D eigenvalue weighted by Crippen LogP contribution is -2.12. The van der Waals surface area contributed by atoms with Crippen LogP contribution < -0.4 is 5.14 Å². The highest BCUT2D eigenvalue weighted by molar-refractivity contribution is 7.89. The molecule has 0 aliphatic carbocycles. The first kappa shape index (κ1) is 16.9. The first-order valence-corrected chi connectivity index (χ1v) is 8.56. The molecule has 0 bridgehead atoms. The standard InChI is InChI=1S/C15H10ClF3N2O2S/c16-14-5-10(24(20,22)23)1-2-11(14)12-4-9(15(17,18)19)3-8-6-21-7-13(8)12/h1-5,7H,6H2,(H2,20,22,23). The Bertz CT molecular complexity index is 969. The molecular formula is C15H10ClF3N2O2S. The average Bonchev–Trinajstić information content (AvgIpc) is 2.92. The topological polar surface area (TPSA) is 72.5 Å². The molecular weight excluding hydrogens is 365 g/mol. The molecule has 4 nitrogen and oxygen atoms in total. The summed E-state index contributed by atoms with van der Waals surface area (Å²) in [6, 6.07) is 5.69. The van der Waals surface area contributed by atoms with Gasteiger partial charge in [-0.25, -0.2) is 13.6 Å². The van der Waals surface area contributed by atoms with Crippen molar-refractivity contribution in [2.75, 3.05) is 0 Å². The number of halogens is 4. The van der Waals surface area contributed by atoms with Crippen LogP contribution in [0.4, 0.5) is 13.2 Å². The van der Waals surface area contributed by atoms with Gasteiger partial charge in [0, 0.05) is 22.4 Å². The van der Waals surface area contributed by atoms with Crippen LogP contribution in [0.3, 0.4) is 0 Å². The molecule has 0 saturated carbocycles. The summed E-state index contributed by atoms with van der Waals surface area (Å²) < 4.78 is 62.0. The summed E-state index contributed by atoms with van der Waals surface area (Å²) in [5.41, 5.74) is 0.680. The molecule has 0 spiro atoms. The van der Waals surface area contributed by atoms with E-state index in [1.54, 1.807) is 0 Å². The van der Waals surface area contributed by atoms with Crippen LogP contribution >= 0.6 is 11.6 Å². The fraction of sp³-hybridized carbons (Fsp3) is 0.133. The molecule has 0 atom stereocenters. The molecule has 1 aliphatic rings. The van der Waals surface area contributed by atoms with Crippen LogP contribution in [0.5, 0.6) is 0 Å². The molecule has 1 aliphatic heterocycles. The van der Waals surface area contributed by atoms with E-state index in [0.717, 1.165) is 18.2 Å². The van der Waals surface area contributed by atoms with Gasteiger partial charge in [0.2, 0.25) is 10.0 Å². The molecule has 0 aromatic heterocycles. The molecule has 0 saturated heterocycles. The summed E-state index contributed by atoms with van der Waals surface area (Å²) in [5, 5.41) is 5.02. The lowest BCUT2D eigenvalue weighted by Gasteiger charge is -2.14. The van der Waals surface area contributed by atoms with E-state index < -0.39 is 21.8 Å². The fourth-order valence-corrected chi connectivity index (χ4v) is 3.40. The third kappa shape index (κ3) is 3.04. The Morgan fingerprint density at radius 1 is 1.12 bits per heavy atom. The first-order chi connectivity index (χ1) is 11.1. The maximum atomic E-state index is 13.1. The Morgan fingerprint density at radius 3 is 2.42 bits per heavy atom. The van der Waals surface area contributed by atoms with E-state index in [-0.39, 0.29) is 27.6 Å². The van der Waals surface area contributed by atoms with E-state index in [4.69, 9.17) is 16.7 Å². The van der Waals surface area contributed by atoms with Crippen molar-refractivity contribution in [2.45, 2.75) is 17.6 Å². The normalized spacial score (nSPS) is 14.0. The maximum Gasteiger partial charge on any atom is 0.416 e. The predicted octanol–water partition coefficient (Wildman–Crippen LogP) is 3.61. The van der Waals surface area contributed by atoms with Crippen LogP contribution in [0, 0.1) is 0 Å². The summed E-state index contributed by atoms with van der Waals surface area (Å²) in [6.07, 6.45) is -3.03. The number of hydrogen-bond donors (Lipinski definition) is 1. The van der Waals surface area contributed by atoms with Crippen LogP contribution in [0.1, 0.15) is 16.7 Å². The number of nitrogens with two attached hydrogens (primary N) is 1. The van der Waals surface area contributed by atoms with Crippen molar-refractivity contribution in [3.05, 3.63) is 52.0 Å². The summed E-state index contributed by atoms with van der Waals surface area (Å²) in [6.45, 7) is 0.152. The van der Waals surface area contributed by atoms with E-state index in [2.05, 4.69) is 4.99 Å². The number of fused-ring (bicyclic) bond motifs is 1. The Balaban J connectivity index is 2.23. The monoisotopic (exact) mass is 374 g/mol. The largest absolute Gasteiger partial charge is 0.416 e. The molecule has 24 heavy (non-hydrogen) atoms. The smallest absolute Gasteiger partial charge is 0.288 e. The minimum atomic E-state index is -4.51. The van der Waals surface area contributed by atoms with E-state index in [1.165, 1.54) is 18.3 Å². The van der Waals surface area contributed by atoms with E-state index in [1.807, 2.05) is 0 Å². The Labute approximate surface area is 140 Å². The number of rotatable bonds is 2. The Hall–Kier alpha value is -1.90. The quantitative estimate of drug-likeness (QED) is 0.872. The highest BCUT2D eigenvalue weighted by Gasteiger charge is 2.33. The van der Waals surface area contributed by atoms with Gasteiger partial charge in [0.15, 0.2) is 0 Å². The third-order valence-corrected chi connectivity index (χ3v) is 4.86. The number of benzene rings is 2. The summed E-state index contributed by atoms with van der Waals surface area (Å²) in [5.74, 6) is 0. The minimum Gasteiger partial charge on any atom is -0.288 e. The predicted molar refractivity (Wildman–Crippen MR) is 84.6 cm³/mol. The Morgan fingerprint density at radius 2 is 1.83 bits per heavy atom. The zero-order valence-corrected chi connectivity index (χ0v) is 13.5. The van der Waals surface area contributed by atoms with Crippen molar-refractivity contribution in [2.24, 2.45) is 10.1 Å². The number of aliphatic imine (C=N–C) groups is 1. The molecule has 0 radical (unpaired) electrons. The first-order valence-electron chi connectivity index (χ1n) is 6.64. The fourth-order valence-electron chi connectivity index (χ4n) is 2.51. The molecule has 9 heteroatoms. The second kappa shape index (κ2) is 5.58. The molecule has 2 N–H and O–H groups in total. The molecule has 0 amide bonds.